The second-order valence-electron chi connectivity index (χ2n) is 6.13. The first kappa shape index (κ1) is 13.7. The number of amides is 1. The maximum atomic E-state index is 11.9. The van der Waals surface area contributed by atoms with E-state index in [1.54, 1.807) is 19.2 Å². The molecule has 19 heavy (non-hydrogen) atoms. The summed E-state index contributed by atoms with van der Waals surface area (Å²) in [4.78, 5) is 11.9. The monoisotopic (exact) mass is 261 g/mol. The first-order valence-electron chi connectivity index (χ1n) is 6.79. The molecule has 0 aliphatic heterocycles. The number of rotatable bonds is 3. The molecule has 0 bridgehead atoms. The highest BCUT2D eigenvalue weighted by molar-refractivity contribution is 6.00. The van der Waals surface area contributed by atoms with Crippen molar-refractivity contribution in [1.29, 1.82) is 0 Å². The molecule has 0 radical (unpaired) electrons. The fraction of sp³-hybridized carbons (Fsp3) is 0.533. The lowest BCUT2D eigenvalue weighted by Gasteiger charge is -2.20. The number of nitrogens with one attached hydrogen (secondary N) is 2. The number of nitrogen functional groups attached to an aromatic ring is 1. The van der Waals surface area contributed by atoms with Crippen LogP contribution < -0.4 is 16.4 Å². The van der Waals surface area contributed by atoms with Gasteiger partial charge in [0.1, 0.15) is 0 Å². The summed E-state index contributed by atoms with van der Waals surface area (Å²) in [6, 6.07) is 5.79. The fourth-order valence-electron chi connectivity index (χ4n) is 2.79. The van der Waals surface area contributed by atoms with Gasteiger partial charge in [-0.25, -0.2) is 0 Å². The minimum atomic E-state index is -0.0836. The van der Waals surface area contributed by atoms with Crippen LogP contribution in [0.5, 0.6) is 0 Å². The highest BCUT2D eigenvalue weighted by Crippen LogP contribution is 2.38. The Kier molecular flexibility index (Phi) is 3.69. The zero-order valence-corrected chi connectivity index (χ0v) is 11.9. The molecule has 0 spiro atoms. The van der Waals surface area contributed by atoms with Crippen LogP contribution in [0.2, 0.25) is 0 Å². The lowest BCUT2D eigenvalue weighted by Crippen LogP contribution is -2.23. The molecule has 1 atom stereocenters. The van der Waals surface area contributed by atoms with Gasteiger partial charge in [-0.15, -0.1) is 0 Å². The van der Waals surface area contributed by atoms with Crippen LogP contribution in [-0.2, 0) is 0 Å². The predicted molar refractivity (Wildman–Crippen MR) is 79.3 cm³/mol. The van der Waals surface area contributed by atoms with E-state index in [0.717, 1.165) is 18.5 Å². The van der Waals surface area contributed by atoms with E-state index < -0.39 is 0 Å². The topological polar surface area (TPSA) is 67.2 Å². The smallest absolute Gasteiger partial charge is 0.253 e. The quantitative estimate of drug-likeness (QED) is 0.733. The molecule has 1 fully saturated rings. The molecule has 1 amide bonds. The van der Waals surface area contributed by atoms with Crippen molar-refractivity contribution in [3.8, 4) is 0 Å². The van der Waals surface area contributed by atoms with Gasteiger partial charge in [0.15, 0.2) is 0 Å². The lowest BCUT2D eigenvalue weighted by atomic mass is 9.92. The number of carbonyl (C=O) groups excluding carboxylic acids is 1. The molecule has 4 heteroatoms. The number of nitrogens with two attached hydrogens (primary N) is 1. The molecular formula is C15H23N3O. The summed E-state index contributed by atoms with van der Waals surface area (Å²) in [6.07, 6.45) is 3.46. The van der Waals surface area contributed by atoms with Crippen LogP contribution in [0, 0.1) is 5.41 Å². The number of carbonyl (C=O) groups is 1. The molecule has 1 saturated carbocycles. The number of hydrogen-bond donors (Lipinski definition) is 3. The van der Waals surface area contributed by atoms with Gasteiger partial charge in [-0.3, -0.25) is 4.79 Å². The molecule has 1 aliphatic rings. The Bertz CT molecular complexity index is 482. The molecule has 1 aromatic carbocycles. The average Bonchev–Trinajstić information content (AvgIpc) is 2.68. The van der Waals surface area contributed by atoms with Crippen LogP contribution >= 0.6 is 0 Å². The van der Waals surface area contributed by atoms with E-state index in [1.807, 2.05) is 6.07 Å². The maximum Gasteiger partial charge on any atom is 0.253 e. The highest BCUT2D eigenvalue weighted by atomic mass is 16.1. The summed E-state index contributed by atoms with van der Waals surface area (Å²) in [7, 11) is 1.64. The molecule has 104 valence electrons. The Hall–Kier alpha value is -1.71. The minimum absolute atomic E-state index is 0.0836. The molecule has 0 aromatic heterocycles. The molecule has 1 aromatic rings. The Morgan fingerprint density at radius 3 is 2.74 bits per heavy atom. The third kappa shape index (κ3) is 3.19. The molecule has 1 aliphatic carbocycles. The highest BCUT2D eigenvalue weighted by Gasteiger charge is 2.31. The predicted octanol–water partition coefficient (Wildman–Crippen LogP) is 2.62. The summed E-state index contributed by atoms with van der Waals surface area (Å²) in [5.74, 6) is -0.0836. The lowest BCUT2D eigenvalue weighted by molar-refractivity contribution is 0.0964. The van der Waals surface area contributed by atoms with Gasteiger partial charge in [-0.05, 0) is 42.9 Å². The van der Waals surface area contributed by atoms with Crippen LogP contribution in [0.25, 0.3) is 0 Å². The Balaban J connectivity index is 2.19. The van der Waals surface area contributed by atoms with Gasteiger partial charge in [0, 0.05) is 24.5 Å². The summed E-state index contributed by atoms with van der Waals surface area (Å²) in [5.41, 5.74) is 8.37. The van der Waals surface area contributed by atoms with Gasteiger partial charge in [-0.2, -0.15) is 0 Å². The van der Waals surface area contributed by atoms with Crippen molar-refractivity contribution in [2.24, 2.45) is 5.41 Å². The SMILES string of the molecule is CNC(=O)c1ccc(N)cc1NC1CCC(C)(C)C1. The van der Waals surface area contributed by atoms with E-state index in [1.165, 1.54) is 6.42 Å². The van der Waals surface area contributed by atoms with Crippen LogP contribution in [0.1, 0.15) is 43.5 Å². The van der Waals surface area contributed by atoms with E-state index in [2.05, 4.69) is 24.5 Å². The zero-order chi connectivity index (χ0) is 14.0. The molecule has 1 unspecified atom stereocenters. The van der Waals surface area contributed by atoms with Crippen LogP contribution in [-0.4, -0.2) is 19.0 Å². The van der Waals surface area contributed by atoms with E-state index in [0.29, 0.717) is 22.7 Å². The van der Waals surface area contributed by atoms with E-state index in [-0.39, 0.29) is 5.91 Å². The molecule has 0 heterocycles. The largest absolute Gasteiger partial charge is 0.399 e. The Morgan fingerprint density at radius 2 is 2.16 bits per heavy atom. The third-order valence-electron chi connectivity index (χ3n) is 3.84. The molecule has 4 nitrogen and oxygen atoms in total. The third-order valence-corrected chi connectivity index (χ3v) is 3.84. The summed E-state index contributed by atoms with van der Waals surface area (Å²) < 4.78 is 0. The Labute approximate surface area is 114 Å². The molecule has 0 saturated heterocycles. The fourth-order valence-corrected chi connectivity index (χ4v) is 2.79. The van der Waals surface area contributed by atoms with Crippen molar-refractivity contribution >= 4 is 17.3 Å². The van der Waals surface area contributed by atoms with Crippen LogP contribution in [0.4, 0.5) is 11.4 Å². The summed E-state index contributed by atoms with van der Waals surface area (Å²) >= 11 is 0. The van der Waals surface area contributed by atoms with Crippen molar-refractivity contribution in [2.45, 2.75) is 39.2 Å². The molecule has 2 rings (SSSR count). The van der Waals surface area contributed by atoms with Crippen LogP contribution in [0.15, 0.2) is 18.2 Å². The second-order valence-corrected chi connectivity index (χ2v) is 6.13. The average molecular weight is 261 g/mol. The van der Waals surface area contributed by atoms with Crippen molar-refractivity contribution < 1.29 is 4.79 Å². The second kappa shape index (κ2) is 5.11. The molecule has 4 N–H and O–H groups in total. The van der Waals surface area contributed by atoms with E-state index in [9.17, 15) is 4.79 Å². The number of benzene rings is 1. The minimum Gasteiger partial charge on any atom is -0.399 e. The van der Waals surface area contributed by atoms with Crippen LogP contribution in [0.3, 0.4) is 0 Å². The van der Waals surface area contributed by atoms with E-state index >= 15 is 0 Å². The van der Waals surface area contributed by atoms with Gasteiger partial charge in [-0.1, -0.05) is 13.8 Å². The van der Waals surface area contributed by atoms with Crippen molar-refractivity contribution in [3.63, 3.8) is 0 Å². The molecular weight excluding hydrogens is 238 g/mol. The van der Waals surface area contributed by atoms with Gasteiger partial charge >= 0.3 is 0 Å². The van der Waals surface area contributed by atoms with Gasteiger partial charge in [0.25, 0.3) is 5.91 Å². The number of hydrogen-bond acceptors (Lipinski definition) is 3. The van der Waals surface area contributed by atoms with Crippen molar-refractivity contribution in [3.05, 3.63) is 23.8 Å². The normalized spacial score (nSPS) is 21.1. The van der Waals surface area contributed by atoms with Crippen molar-refractivity contribution in [1.82, 2.24) is 5.32 Å². The zero-order valence-electron chi connectivity index (χ0n) is 11.9. The standard InChI is InChI=1S/C15H23N3O/c1-15(2)7-6-11(9-15)18-13-8-10(16)4-5-12(13)14(19)17-3/h4-5,8,11,18H,6-7,9,16H2,1-3H3,(H,17,19). The number of anilines is 2. The van der Waals surface area contributed by atoms with Gasteiger partial charge in [0.2, 0.25) is 0 Å². The van der Waals surface area contributed by atoms with E-state index in [4.69, 9.17) is 5.73 Å². The summed E-state index contributed by atoms with van der Waals surface area (Å²) in [6.45, 7) is 4.57. The first-order valence-corrected chi connectivity index (χ1v) is 6.79. The van der Waals surface area contributed by atoms with Crippen molar-refractivity contribution in [2.75, 3.05) is 18.1 Å². The van der Waals surface area contributed by atoms with Gasteiger partial charge in [0.05, 0.1) is 5.56 Å². The first-order chi connectivity index (χ1) is 8.91. The maximum absolute atomic E-state index is 11.9. The Morgan fingerprint density at radius 1 is 1.42 bits per heavy atom. The van der Waals surface area contributed by atoms with Gasteiger partial charge < -0.3 is 16.4 Å². The summed E-state index contributed by atoms with van der Waals surface area (Å²) in [5, 5.41) is 6.14.